The van der Waals surface area contributed by atoms with Crippen LogP contribution in [0.5, 0.6) is 0 Å². The summed E-state index contributed by atoms with van der Waals surface area (Å²) in [5.74, 6) is 0.546. The summed E-state index contributed by atoms with van der Waals surface area (Å²) in [6.45, 7) is 2.00. The summed E-state index contributed by atoms with van der Waals surface area (Å²) in [6, 6.07) is 3.57. The van der Waals surface area contributed by atoms with Crippen LogP contribution in [0.1, 0.15) is 6.92 Å². The monoisotopic (exact) mass is 244 g/mol. The minimum atomic E-state index is -0.328. The van der Waals surface area contributed by atoms with Gasteiger partial charge in [0.15, 0.2) is 5.65 Å². The van der Waals surface area contributed by atoms with Crippen LogP contribution in [0, 0.1) is 0 Å². The van der Waals surface area contributed by atoms with Crippen LogP contribution >= 0.6 is 23.4 Å². The fourth-order valence-corrected chi connectivity index (χ4v) is 2.03. The Bertz CT molecular complexity index is 523. The van der Waals surface area contributed by atoms with Crippen molar-refractivity contribution in [3.63, 3.8) is 0 Å². The number of thioether (sulfide) groups is 1. The second kappa shape index (κ2) is 4.24. The molecule has 2 aromatic heterocycles. The largest absolute Gasteiger partial charge is 0.364 e. The van der Waals surface area contributed by atoms with Crippen molar-refractivity contribution in [1.82, 2.24) is 19.8 Å². The average molecular weight is 245 g/mol. The van der Waals surface area contributed by atoms with Crippen molar-refractivity contribution in [2.45, 2.75) is 17.2 Å². The highest BCUT2D eigenvalue weighted by atomic mass is 35.5. The van der Waals surface area contributed by atoms with Gasteiger partial charge in [0, 0.05) is 11.1 Å². The third-order valence-electron chi connectivity index (χ3n) is 1.79. The molecule has 2 aromatic rings. The van der Waals surface area contributed by atoms with Crippen LogP contribution in [-0.2, 0) is 0 Å². The molecule has 0 saturated heterocycles. The fraction of sp³-hybridized carbons (Fsp3) is 0.375. The number of hydrogen-bond acceptors (Lipinski definition) is 4. The van der Waals surface area contributed by atoms with Gasteiger partial charge in [-0.3, -0.25) is 0 Å². The molecular weight excluding hydrogens is 236 g/mol. The molecule has 0 aromatic carbocycles. The third-order valence-corrected chi connectivity index (χ3v) is 3.46. The zero-order valence-electron chi connectivity index (χ0n) is 7.98. The molecule has 0 aliphatic carbocycles. The van der Waals surface area contributed by atoms with E-state index in [2.05, 4.69) is 15.3 Å². The maximum absolute atomic E-state index is 11.2. The summed E-state index contributed by atoms with van der Waals surface area (Å²) in [6.07, 6.45) is 0. The third kappa shape index (κ3) is 2.15. The Morgan fingerprint density at radius 3 is 3.20 bits per heavy atom. The zero-order chi connectivity index (χ0) is 10.8. The quantitative estimate of drug-likeness (QED) is 0.650. The first-order valence-electron chi connectivity index (χ1n) is 4.38. The van der Waals surface area contributed by atoms with Gasteiger partial charge in [0.25, 0.3) is 0 Å². The number of nitrogens with zero attached hydrogens (tertiary/aromatic N) is 3. The van der Waals surface area contributed by atoms with Crippen molar-refractivity contribution in [3.8, 4) is 0 Å². The van der Waals surface area contributed by atoms with Gasteiger partial charge in [0.2, 0.25) is 0 Å². The van der Waals surface area contributed by atoms with Crippen LogP contribution in [0.25, 0.3) is 5.65 Å². The molecule has 5 nitrogen and oxygen atoms in total. The Balaban J connectivity index is 2.37. The molecule has 80 valence electrons. The first-order valence-corrected chi connectivity index (χ1v) is 5.79. The van der Waals surface area contributed by atoms with Gasteiger partial charge in [-0.25, -0.2) is 9.89 Å². The van der Waals surface area contributed by atoms with Gasteiger partial charge in [0.05, 0.1) is 0 Å². The van der Waals surface area contributed by atoms with Crippen LogP contribution in [-0.4, -0.2) is 30.9 Å². The molecule has 0 aliphatic rings. The number of aromatic amines is 1. The van der Waals surface area contributed by atoms with Crippen molar-refractivity contribution in [1.29, 1.82) is 0 Å². The Hall–Kier alpha value is -1.01. The molecule has 15 heavy (non-hydrogen) atoms. The van der Waals surface area contributed by atoms with E-state index in [4.69, 9.17) is 11.6 Å². The van der Waals surface area contributed by atoms with Crippen LogP contribution in [0.2, 0.25) is 0 Å². The molecule has 2 rings (SSSR count). The number of alkyl halides is 1. The molecule has 0 radical (unpaired) electrons. The Morgan fingerprint density at radius 2 is 2.47 bits per heavy atom. The summed E-state index contributed by atoms with van der Waals surface area (Å²) in [7, 11) is 0. The molecular formula is C8H9ClN4OS. The summed E-state index contributed by atoms with van der Waals surface area (Å²) in [5, 5.41) is 11.3. The van der Waals surface area contributed by atoms with Gasteiger partial charge >= 0.3 is 5.69 Å². The van der Waals surface area contributed by atoms with E-state index in [9.17, 15) is 4.79 Å². The van der Waals surface area contributed by atoms with Crippen molar-refractivity contribution in [3.05, 3.63) is 22.6 Å². The highest BCUT2D eigenvalue weighted by Gasteiger charge is 2.06. The lowest BCUT2D eigenvalue weighted by Gasteiger charge is -2.05. The van der Waals surface area contributed by atoms with E-state index in [0.29, 0.717) is 11.5 Å². The highest BCUT2D eigenvalue weighted by molar-refractivity contribution is 7.99. The smallest absolute Gasteiger partial charge is 0.244 e. The fourth-order valence-electron chi connectivity index (χ4n) is 1.09. The van der Waals surface area contributed by atoms with E-state index in [0.717, 1.165) is 5.03 Å². The van der Waals surface area contributed by atoms with E-state index in [1.165, 1.54) is 16.3 Å². The second-order valence-corrected chi connectivity index (χ2v) is 4.82. The summed E-state index contributed by atoms with van der Waals surface area (Å²) in [5.41, 5.74) is 0.189. The average Bonchev–Trinajstić information content (AvgIpc) is 2.60. The minimum absolute atomic E-state index is 0.263. The molecule has 7 heteroatoms. The molecule has 2 heterocycles. The number of hydrogen-bond donors (Lipinski definition) is 1. The molecule has 0 bridgehead atoms. The topological polar surface area (TPSA) is 63.0 Å². The Kier molecular flexibility index (Phi) is 2.97. The first-order chi connectivity index (χ1) is 7.20. The number of fused-ring (bicyclic) bond motifs is 1. The first kappa shape index (κ1) is 10.5. The molecule has 0 fully saturated rings. The van der Waals surface area contributed by atoms with Gasteiger partial charge in [-0.15, -0.1) is 23.4 Å². The summed E-state index contributed by atoms with van der Waals surface area (Å²) in [4.78, 5) is 11.2. The van der Waals surface area contributed by atoms with Gasteiger partial charge in [-0.1, -0.05) is 6.92 Å². The lowest BCUT2D eigenvalue weighted by molar-refractivity contribution is 0.818. The van der Waals surface area contributed by atoms with E-state index >= 15 is 0 Å². The zero-order valence-corrected chi connectivity index (χ0v) is 9.55. The number of halogens is 1. The van der Waals surface area contributed by atoms with E-state index in [-0.39, 0.29) is 10.9 Å². The molecule has 0 spiro atoms. The van der Waals surface area contributed by atoms with E-state index in [1.54, 1.807) is 6.07 Å². The van der Waals surface area contributed by atoms with Gasteiger partial charge in [-0.05, 0) is 12.1 Å². The van der Waals surface area contributed by atoms with Gasteiger partial charge in [0.1, 0.15) is 5.03 Å². The van der Waals surface area contributed by atoms with Crippen LogP contribution in [0.4, 0.5) is 0 Å². The van der Waals surface area contributed by atoms with Crippen molar-refractivity contribution >= 4 is 29.0 Å². The maximum atomic E-state index is 11.2. The predicted octanol–water partition coefficient (Wildman–Crippen LogP) is 1.14. The number of nitrogens with one attached hydrogen (secondary N) is 1. The molecule has 1 N–H and O–H groups in total. The van der Waals surface area contributed by atoms with E-state index < -0.39 is 0 Å². The molecule has 1 atom stereocenters. The van der Waals surface area contributed by atoms with Gasteiger partial charge in [-0.2, -0.15) is 14.7 Å². The Morgan fingerprint density at radius 1 is 1.67 bits per heavy atom. The number of rotatable bonds is 3. The van der Waals surface area contributed by atoms with E-state index in [1.807, 2.05) is 13.0 Å². The number of aromatic nitrogens is 4. The lowest BCUT2D eigenvalue weighted by atomic mass is 10.5. The number of H-pyrrole nitrogens is 1. The molecule has 0 aliphatic heterocycles. The van der Waals surface area contributed by atoms with Gasteiger partial charge < -0.3 is 0 Å². The van der Waals surface area contributed by atoms with Crippen LogP contribution in [0.3, 0.4) is 0 Å². The summed E-state index contributed by atoms with van der Waals surface area (Å²) < 4.78 is 1.24. The van der Waals surface area contributed by atoms with Crippen LogP contribution < -0.4 is 5.69 Å². The second-order valence-electron chi connectivity index (χ2n) is 3.05. The molecule has 0 saturated carbocycles. The summed E-state index contributed by atoms with van der Waals surface area (Å²) >= 11 is 7.22. The standard InChI is InChI=1S/C8H9ClN4OS/c1-5(4-9)15-7-3-2-6-10-11-8(14)13(6)12-7/h2-3,5H,4H2,1H3,(H,11,14). The molecule has 1 unspecified atom stereocenters. The highest BCUT2D eigenvalue weighted by Crippen LogP contribution is 2.21. The predicted molar refractivity (Wildman–Crippen MR) is 59.6 cm³/mol. The van der Waals surface area contributed by atoms with Crippen molar-refractivity contribution in [2.75, 3.05) is 5.88 Å². The maximum Gasteiger partial charge on any atom is 0.364 e. The van der Waals surface area contributed by atoms with Crippen LogP contribution in [0.15, 0.2) is 22.0 Å². The normalized spacial score (nSPS) is 13.2. The lowest BCUT2D eigenvalue weighted by Crippen LogP contribution is -2.12. The minimum Gasteiger partial charge on any atom is -0.244 e. The van der Waals surface area contributed by atoms with Crippen molar-refractivity contribution in [2.24, 2.45) is 0 Å². The SMILES string of the molecule is CC(CCl)Sc1ccc2n[nH]c(=O)n2n1. The molecule has 0 amide bonds. The van der Waals surface area contributed by atoms with Crippen molar-refractivity contribution < 1.29 is 0 Å². The Labute approximate surface area is 94.8 Å².